The largest absolute Gasteiger partial charge is 0.488 e. The van der Waals surface area contributed by atoms with Gasteiger partial charge in [-0.1, -0.05) is 35.3 Å². The molecular formula is C17H14BrCl2NO3S. The third-order valence-corrected chi connectivity index (χ3v) is 6.37. The summed E-state index contributed by atoms with van der Waals surface area (Å²) in [5, 5.41) is 13.2. The molecule has 0 amide bonds. The monoisotopic (exact) mass is 461 g/mol. The Kier molecular flexibility index (Phi) is 6.17. The lowest BCUT2D eigenvalue weighted by Gasteiger charge is -2.15. The number of halogens is 3. The van der Waals surface area contributed by atoms with Crippen molar-refractivity contribution in [1.82, 2.24) is 5.32 Å². The minimum absolute atomic E-state index is 0.0514. The second-order valence-corrected chi connectivity index (χ2v) is 8.26. The number of benzene rings is 2. The highest BCUT2D eigenvalue weighted by Gasteiger charge is 2.30. The first kappa shape index (κ1) is 18.9. The number of hydrogen-bond acceptors (Lipinski definition) is 4. The van der Waals surface area contributed by atoms with Crippen molar-refractivity contribution < 1.29 is 14.6 Å². The van der Waals surface area contributed by atoms with Crippen molar-refractivity contribution in [2.24, 2.45) is 0 Å². The smallest absolute Gasteiger partial charge is 0.321 e. The van der Waals surface area contributed by atoms with E-state index in [1.807, 2.05) is 18.2 Å². The van der Waals surface area contributed by atoms with Gasteiger partial charge in [-0.2, -0.15) is 0 Å². The van der Waals surface area contributed by atoms with Crippen LogP contribution in [0.3, 0.4) is 0 Å². The highest BCUT2D eigenvalue weighted by atomic mass is 79.9. The minimum Gasteiger partial charge on any atom is -0.488 e. The van der Waals surface area contributed by atoms with E-state index < -0.39 is 12.0 Å². The maximum absolute atomic E-state index is 11.0. The molecule has 3 rings (SSSR count). The molecule has 0 aliphatic carbocycles. The van der Waals surface area contributed by atoms with Crippen LogP contribution in [-0.2, 0) is 11.4 Å². The van der Waals surface area contributed by atoms with Gasteiger partial charge in [0.15, 0.2) is 0 Å². The molecule has 0 spiro atoms. The number of rotatable bonds is 5. The summed E-state index contributed by atoms with van der Waals surface area (Å²) in [4.78, 5) is 11.0. The van der Waals surface area contributed by atoms with Crippen LogP contribution in [0.4, 0.5) is 0 Å². The van der Waals surface area contributed by atoms with Crippen molar-refractivity contribution in [3.05, 3.63) is 62.0 Å². The molecule has 1 saturated heterocycles. The molecule has 2 atom stereocenters. The number of thioether (sulfide) groups is 1. The number of ether oxygens (including phenoxy) is 1. The lowest BCUT2D eigenvalue weighted by Crippen LogP contribution is -2.33. The van der Waals surface area contributed by atoms with E-state index >= 15 is 0 Å². The molecule has 2 aromatic rings. The summed E-state index contributed by atoms with van der Waals surface area (Å²) in [7, 11) is 0. The Balaban J connectivity index is 1.69. The standard InChI is InChI=1S/C17H14BrCl2NO3S/c18-11-6-9(16-21-14(8-25-16)17(22)23)4-5-15(11)24-7-10-12(19)2-1-3-13(10)20/h1-6,14,16,21H,7-8H2,(H,22,23). The average molecular weight is 463 g/mol. The molecule has 0 saturated carbocycles. The van der Waals surface area contributed by atoms with Crippen LogP contribution in [0.1, 0.15) is 16.5 Å². The van der Waals surface area contributed by atoms with Crippen LogP contribution < -0.4 is 10.1 Å². The second-order valence-electron chi connectivity index (χ2n) is 5.45. The molecule has 1 heterocycles. The van der Waals surface area contributed by atoms with Crippen LogP contribution in [0.15, 0.2) is 40.9 Å². The van der Waals surface area contributed by atoms with Crippen molar-refractivity contribution >= 4 is 56.9 Å². The predicted octanol–water partition coefficient (Wildman–Crippen LogP) is 5.12. The maximum Gasteiger partial charge on any atom is 0.321 e. The van der Waals surface area contributed by atoms with Gasteiger partial charge in [-0.05, 0) is 45.8 Å². The van der Waals surface area contributed by atoms with Gasteiger partial charge in [0.1, 0.15) is 18.4 Å². The topological polar surface area (TPSA) is 58.6 Å². The number of carboxylic acid groups (broad SMARTS) is 1. The summed E-state index contributed by atoms with van der Waals surface area (Å²) >= 11 is 17.4. The van der Waals surface area contributed by atoms with Crippen LogP contribution in [0.5, 0.6) is 5.75 Å². The van der Waals surface area contributed by atoms with Gasteiger partial charge in [0, 0.05) is 21.4 Å². The molecule has 25 heavy (non-hydrogen) atoms. The van der Waals surface area contributed by atoms with Crippen molar-refractivity contribution in [2.45, 2.75) is 18.0 Å². The molecule has 2 unspecified atom stereocenters. The van der Waals surface area contributed by atoms with Crippen LogP contribution in [0.25, 0.3) is 0 Å². The van der Waals surface area contributed by atoms with Gasteiger partial charge >= 0.3 is 5.97 Å². The van der Waals surface area contributed by atoms with Gasteiger partial charge in [0.25, 0.3) is 0 Å². The Morgan fingerprint density at radius 2 is 2.04 bits per heavy atom. The van der Waals surface area contributed by atoms with Crippen LogP contribution in [-0.4, -0.2) is 22.9 Å². The zero-order chi connectivity index (χ0) is 18.0. The lowest BCUT2D eigenvalue weighted by molar-refractivity contribution is -0.138. The first-order valence-electron chi connectivity index (χ1n) is 7.41. The number of carboxylic acids is 1. The maximum atomic E-state index is 11.0. The van der Waals surface area contributed by atoms with Crippen molar-refractivity contribution in [3.8, 4) is 5.75 Å². The normalized spacial score (nSPS) is 19.8. The summed E-state index contributed by atoms with van der Waals surface area (Å²) in [5.41, 5.74) is 1.72. The Morgan fingerprint density at radius 1 is 1.32 bits per heavy atom. The molecule has 2 aromatic carbocycles. The molecule has 0 aromatic heterocycles. The van der Waals surface area contributed by atoms with E-state index in [-0.39, 0.29) is 12.0 Å². The molecule has 2 N–H and O–H groups in total. The molecule has 4 nitrogen and oxygen atoms in total. The summed E-state index contributed by atoms with van der Waals surface area (Å²) in [6.45, 7) is 0.258. The van der Waals surface area contributed by atoms with Gasteiger partial charge in [-0.3, -0.25) is 10.1 Å². The highest BCUT2D eigenvalue weighted by Crippen LogP contribution is 2.37. The average Bonchev–Trinajstić information content (AvgIpc) is 3.06. The van der Waals surface area contributed by atoms with Gasteiger partial charge in [0.05, 0.1) is 9.85 Å². The molecule has 1 aliphatic rings. The Hall–Kier alpha value is -0.920. The van der Waals surface area contributed by atoms with Crippen molar-refractivity contribution in [3.63, 3.8) is 0 Å². The van der Waals surface area contributed by atoms with Crippen LogP contribution in [0, 0.1) is 0 Å². The molecule has 1 fully saturated rings. The van der Waals surface area contributed by atoms with Gasteiger partial charge in [0.2, 0.25) is 0 Å². The number of aliphatic carboxylic acids is 1. The molecule has 0 bridgehead atoms. The Bertz CT molecular complexity index is 785. The molecule has 1 aliphatic heterocycles. The summed E-state index contributed by atoms with van der Waals surface area (Å²) in [6.07, 6.45) is 0. The van der Waals surface area contributed by atoms with E-state index in [2.05, 4.69) is 21.2 Å². The second kappa shape index (κ2) is 8.18. The molecule has 132 valence electrons. The van der Waals surface area contributed by atoms with Gasteiger partial charge in [-0.15, -0.1) is 11.8 Å². The van der Waals surface area contributed by atoms with Crippen LogP contribution >= 0.6 is 50.9 Å². The van der Waals surface area contributed by atoms with E-state index in [1.165, 1.54) is 0 Å². The van der Waals surface area contributed by atoms with Gasteiger partial charge < -0.3 is 9.84 Å². The zero-order valence-corrected chi connectivity index (χ0v) is 16.8. The molecule has 8 heteroatoms. The molecule has 0 radical (unpaired) electrons. The fourth-order valence-electron chi connectivity index (χ4n) is 2.42. The first-order valence-corrected chi connectivity index (χ1v) is 10.0. The van der Waals surface area contributed by atoms with Crippen molar-refractivity contribution in [1.29, 1.82) is 0 Å². The van der Waals surface area contributed by atoms with Crippen molar-refractivity contribution in [2.75, 3.05) is 5.75 Å². The van der Waals surface area contributed by atoms with E-state index in [1.54, 1.807) is 30.0 Å². The van der Waals surface area contributed by atoms with E-state index in [0.29, 0.717) is 21.5 Å². The number of carbonyl (C=O) groups is 1. The summed E-state index contributed by atoms with van der Waals surface area (Å²) in [5.74, 6) is 0.379. The Labute approximate surface area is 168 Å². The predicted molar refractivity (Wildman–Crippen MR) is 105 cm³/mol. The zero-order valence-electron chi connectivity index (χ0n) is 12.8. The van der Waals surface area contributed by atoms with E-state index in [4.69, 9.17) is 33.0 Å². The number of hydrogen-bond donors (Lipinski definition) is 2. The van der Waals surface area contributed by atoms with Gasteiger partial charge in [-0.25, -0.2) is 0 Å². The third kappa shape index (κ3) is 4.44. The molecular weight excluding hydrogens is 449 g/mol. The highest BCUT2D eigenvalue weighted by molar-refractivity contribution is 9.10. The fourth-order valence-corrected chi connectivity index (χ4v) is 4.66. The third-order valence-electron chi connectivity index (χ3n) is 3.77. The summed E-state index contributed by atoms with van der Waals surface area (Å²) in [6, 6.07) is 10.5. The quantitative estimate of drug-likeness (QED) is 0.645. The fraction of sp³-hybridized carbons (Fsp3) is 0.235. The first-order chi connectivity index (χ1) is 12.0. The summed E-state index contributed by atoms with van der Waals surface area (Å²) < 4.78 is 6.61. The Morgan fingerprint density at radius 3 is 2.64 bits per heavy atom. The van der Waals surface area contributed by atoms with E-state index in [9.17, 15) is 4.79 Å². The lowest BCUT2D eigenvalue weighted by atomic mass is 10.2. The minimum atomic E-state index is -0.828. The SMILES string of the molecule is O=C(O)C1CSC(c2ccc(OCc3c(Cl)cccc3Cl)c(Br)c2)N1. The number of nitrogens with one attached hydrogen (secondary N) is 1. The van der Waals surface area contributed by atoms with Crippen LogP contribution in [0.2, 0.25) is 10.0 Å². The van der Waals surface area contributed by atoms with E-state index in [0.717, 1.165) is 15.6 Å².